The van der Waals surface area contributed by atoms with Gasteiger partial charge in [-0.3, -0.25) is 10.1 Å². The maximum Gasteiger partial charge on any atom is 0.322 e. The molecule has 0 aliphatic rings. The van der Waals surface area contributed by atoms with Crippen molar-refractivity contribution in [2.24, 2.45) is 0 Å². The first-order valence-electron chi connectivity index (χ1n) is 4.93. The Bertz CT molecular complexity index is 545. The molecule has 0 aliphatic heterocycles. The van der Waals surface area contributed by atoms with E-state index in [1.54, 1.807) is 19.1 Å². The van der Waals surface area contributed by atoms with Gasteiger partial charge in [0.25, 0.3) is 5.91 Å². The van der Waals surface area contributed by atoms with E-state index in [0.29, 0.717) is 11.5 Å². The van der Waals surface area contributed by atoms with Crippen LogP contribution in [0.3, 0.4) is 0 Å². The summed E-state index contributed by atoms with van der Waals surface area (Å²) in [5.41, 5.74) is 1.53. The molecule has 0 saturated carbocycles. The monoisotopic (exact) mass is 295 g/mol. The number of aromatic nitrogens is 2. The number of aryl methyl sites for hydroxylation is 2. The summed E-state index contributed by atoms with van der Waals surface area (Å²) >= 11 is 3.34. The largest absolute Gasteiger partial charge is 0.408 e. The number of carbonyl (C=O) groups is 1. The highest BCUT2D eigenvalue weighted by atomic mass is 79.9. The Morgan fingerprint density at radius 2 is 2.06 bits per heavy atom. The zero-order valence-electron chi connectivity index (χ0n) is 9.32. The average molecular weight is 296 g/mol. The minimum atomic E-state index is -0.280. The second-order valence-corrected chi connectivity index (χ2v) is 4.51. The molecule has 5 nitrogen and oxygen atoms in total. The second kappa shape index (κ2) is 4.67. The van der Waals surface area contributed by atoms with Crippen LogP contribution in [0.25, 0.3) is 0 Å². The van der Waals surface area contributed by atoms with Crippen LogP contribution in [0.15, 0.2) is 27.1 Å². The molecule has 0 spiro atoms. The van der Waals surface area contributed by atoms with Crippen LogP contribution >= 0.6 is 15.9 Å². The zero-order chi connectivity index (χ0) is 12.4. The van der Waals surface area contributed by atoms with E-state index in [0.717, 1.165) is 10.0 Å². The van der Waals surface area contributed by atoms with E-state index < -0.39 is 0 Å². The van der Waals surface area contributed by atoms with Gasteiger partial charge in [-0.1, -0.05) is 21.0 Å². The number of hydrogen-bond donors (Lipinski definition) is 1. The molecule has 17 heavy (non-hydrogen) atoms. The van der Waals surface area contributed by atoms with E-state index in [9.17, 15) is 4.79 Å². The average Bonchev–Trinajstić information content (AvgIpc) is 2.62. The third-order valence-corrected chi connectivity index (χ3v) is 2.51. The lowest BCUT2D eigenvalue weighted by Crippen LogP contribution is -2.12. The Hall–Kier alpha value is -1.69. The quantitative estimate of drug-likeness (QED) is 0.925. The van der Waals surface area contributed by atoms with E-state index in [-0.39, 0.29) is 11.9 Å². The van der Waals surface area contributed by atoms with Crippen LogP contribution in [0.1, 0.15) is 21.8 Å². The van der Waals surface area contributed by atoms with Crippen molar-refractivity contribution in [3.05, 3.63) is 39.7 Å². The smallest absolute Gasteiger partial charge is 0.322 e. The number of nitrogens with one attached hydrogen (secondary N) is 1. The number of hydrogen-bond acceptors (Lipinski definition) is 4. The fourth-order valence-electron chi connectivity index (χ4n) is 1.38. The van der Waals surface area contributed by atoms with Gasteiger partial charge in [0.1, 0.15) is 0 Å². The zero-order valence-corrected chi connectivity index (χ0v) is 10.9. The molecular formula is C11H10BrN3O2. The summed E-state index contributed by atoms with van der Waals surface area (Å²) in [7, 11) is 0. The van der Waals surface area contributed by atoms with Crippen molar-refractivity contribution >= 4 is 27.9 Å². The third kappa shape index (κ3) is 2.91. The molecule has 0 saturated heterocycles. The van der Waals surface area contributed by atoms with Gasteiger partial charge in [0.15, 0.2) is 0 Å². The fraction of sp³-hybridized carbons (Fsp3) is 0.182. The van der Waals surface area contributed by atoms with Crippen molar-refractivity contribution in [2.75, 3.05) is 5.32 Å². The summed E-state index contributed by atoms with van der Waals surface area (Å²) in [5, 5.41) is 9.86. The lowest BCUT2D eigenvalue weighted by molar-refractivity contribution is 0.102. The number of rotatable bonds is 2. The lowest BCUT2D eigenvalue weighted by atomic mass is 10.1. The SMILES string of the molecule is Cc1cc(Br)cc(C(=O)Nc2nnc(C)o2)c1. The fourth-order valence-corrected chi connectivity index (χ4v) is 1.99. The number of nitrogens with zero attached hydrogens (tertiary/aromatic N) is 2. The molecule has 0 bridgehead atoms. The highest BCUT2D eigenvalue weighted by Gasteiger charge is 2.11. The first-order chi connectivity index (χ1) is 8.04. The molecule has 2 rings (SSSR count). The molecule has 0 fully saturated rings. The van der Waals surface area contributed by atoms with Crippen LogP contribution in [-0.2, 0) is 0 Å². The normalized spacial score (nSPS) is 10.3. The first-order valence-corrected chi connectivity index (χ1v) is 5.72. The van der Waals surface area contributed by atoms with Crippen LogP contribution in [0.5, 0.6) is 0 Å². The predicted molar refractivity (Wildman–Crippen MR) is 65.9 cm³/mol. The van der Waals surface area contributed by atoms with Crippen molar-refractivity contribution < 1.29 is 9.21 Å². The van der Waals surface area contributed by atoms with Gasteiger partial charge < -0.3 is 4.42 Å². The third-order valence-electron chi connectivity index (χ3n) is 2.05. The molecule has 1 aromatic carbocycles. The maximum atomic E-state index is 11.9. The predicted octanol–water partition coefficient (Wildman–Crippen LogP) is 2.70. The van der Waals surface area contributed by atoms with Gasteiger partial charge in [0, 0.05) is 17.0 Å². The lowest BCUT2D eigenvalue weighted by Gasteiger charge is -2.02. The minimum absolute atomic E-state index is 0.102. The van der Waals surface area contributed by atoms with Crippen molar-refractivity contribution in [1.82, 2.24) is 10.2 Å². The van der Waals surface area contributed by atoms with Crippen molar-refractivity contribution in [2.45, 2.75) is 13.8 Å². The Balaban J connectivity index is 2.19. The van der Waals surface area contributed by atoms with E-state index in [2.05, 4.69) is 31.4 Å². The molecule has 0 atom stereocenters. The van der Waals surface area contributed by atoms with Gasteiger partial charge in [0.05, 0.1) is 0 Å². The summed E-state index contributed by atoms with van der Waals surface area (Å²) in [6.07, 6.45) is 0. The van der Waals surface area contributed by atoms with Gasteiger partial charge in [-0.2, -0.15) is 0 Å². The number of benzene rings is 1. The Morgan fingerprint density at radius 3 is 2.65 bits per heavy atom. The van der Waals surface area contributed by atoms with Crippen LogP contribution in [0, 0.1) is 13.8 Å². The highest BCUT2D eigenvalue weighted by molar-refractivity contribution is 9.10. The molecule has 88 valence electrons. The highest BCUT2D eigenvalue weighted by Crippen LogP contribution is 2.16. The van der Waals surface area contributed by atoms with Crippen LogP contribution in [0.2, 0.25) is 0 Å². The maximum absolute atomic E-state index is 11.9. The Kier molecular flexibility index (Phi) is 3.23. The van der Waals surface area contributed by atoms with Crippen LogP contribution < -0.4 is 5.32 Å². The van der Waals surface area contributed by atoms with E-state index in [1.165, 1.54) is 0 Å². The molecule has 0 aliphatic carbocycles. The van der Waals surface area contributed by atoms with Gasteiger partial charge in [-0.15, -0.1) is 5.10 Å². The van der Waals surface area contributed by atoms with E-state index in [1.807, 2.05) is 13.0 Å². The molecule has 1 amide bonds. The van der Waals surface area contributed by atoms with E-state index in [4.69, 9.17) is 4.42 Å². The van der Waals surface area contributed by atoms with Gasteiger partial charge in [0.2, 0.25) is 5.89 Å². The van der Waals surface area contributed by atoms with Crippen LogP contribution in [0.4, 0.5) is 6.01 Å². The number of carbonyl (C=O) groups excluding carboxylic acids is 1. The van der Waals surface area contributed by atoms with Crippen LogP contribution in [-0.4, -0.2) is 16.1 Å². The number of anilines is 1. The van der Waals surface area contributed by atoms with Crippen molar-refractivity contribution in [3.8, 4) is 0 Å². The second-order valence-electron chi connectivity index (χ2n) is 3.60. The van der Waals surface area contributed by atoms with Crippen molar-refractivity contribution in [1.29, 1.82) is 0 Å². The Labute approximate surface area is 106 Å². The summed E-state index contributed by atoms with van der Waals surface area (Å²) < 4.78 is 5.92. The molecule has 6 heteroatoms. The van der Waals surface area contributed by atoms with Gasteiger partial charge in [-0.05, 0) is 30.7 Å². The van der Waals surface area contributed by atoms with Gasteiger partial charge >= 0.3 is 6.01 Å². The molecule has 1 heterocycles. The summed E-state index contributed by atoms with van der Waals surface area (Å²) in [6, 6.07) is 5.54. The van der Waals surface area contributed by atoms with E-state index >= 15 is 0 Å². The molecule has 2 aromatic rings. The first kappa shape index (κ1) is 11.8. The molecule has 0 unspecified atom stereocenters. The molecule has 1 N–H and O–H groups in total. The minimum Gasteiger partial charge on any atom is -0.408 e. The molecule has 0 radical (unpaired) electrons. The summed E-state index contributed by atoms with van der Waals surface area (Å²) in [5.74, 6) is 0.128. The van der Waals surface area contributed by atoms with Gasteiger partial charge in [-0.25, -0.2) is 0 Å². The molecular weight excluding hydrogens is 286 g/mol. The Morgan fingerprint density at radius 1 is 1.29 bits per heavy atom. The number of amides is 1. The molecule has 1 aromatic heterocycles. The number of halogens is 1. The van der Waals surface area contributed by atoms with Crippen molar-refractivity contribution in [3.63, 3.8) is 0 Å². The summed E-state index contributed by atoms with van der Waals surface area (Å²) in [6.45, 7) is 3.57. The summed E-state index contributed by atoms with van der Waals surface area (Å²) in [4.78, 5) is 11.9. The standard InChI is InChI=1S/C11H10BrN3O2/c1-6-3-8(5-9(12)4-6)10(16)13-11-15-14-7(2)17-11/h3-5H,1-2H3,(H,13,15,16). The topological polar surface area (TPSA) is 68.0 Å².